The summed E-state index contributed by atoms with van der Waals surface area (Å²) in [4.78, 5) is 11.2. The number of nitrogens with zero attached hydrogens (tertiary/aromatic N) is 3. The molecule has 0 saturated carbocycles. The number of hydrogen-bond donors (Lipinski definition) is 2. The van der Waals surface area contributed by atoms with Crippen LogP contribution in [0.2, 0.25) is 0 Å². The van der Waals surface area contributed by atoms with Crippen molar-refractivity contribution in [2.75, 3.05) is 18.4 Å². The van der Waals surface area contributed by atoms with Crippen molar-refractivity contribution in [3.63, 3.8) is 0 Å². The molecular weight excluding hydrogens is 206 g/mol. The van der Waals surface area contributed by atoms with E-state index in [1.165, 1.54) is 0 Å². The van der Waals surface area contributed by atoms with Crippen LogP contribution in [0.1, 0.15) is 19.0 Å². The van der Waals surface area contributed by atoms with Crippen LogP contribution in [-0.2, 0) is 4.79 Å². The fourth-order valence-corrected chi connectivity index (χ4v) is 0.984. The van der Waals surface area contributed by atoms with Gasteiger partial charge in [-0.05, 0) is 18.6 Å². The topological polar surface area (TPSA) is 90.7 Å². The van der Waals surface area contributed by atoms with Crippen molar-refractivity contribution in [2.45, 2.75) is 13.3 Å². The lowest BCUT2D eigenvalue weighted by molar-refractivity contribution is -0.119. The molecule has 1 aromatic rings. The van der Waals surface area contributed by atoms with E-state index in [0.717, 1.165) is 6.42 Å². The Morgan fingerprint density at radius 1 is 1.50 bits per heavy atom. The molecule has 0 unspecified atom stereocenters. The van der Waals surface area contributed by atoms with Crippen LogP contribution in [0.4, 0.5) is 5.82 Å². The van der Waals surface area contributed by atoms with Gasteiger partial charge in [0.2, 0.25) is 5.91 Å². The summed E-state index contributed by atoms with van der Waals surface area (Å²) < 4.78 is 0. The van der Waals surface area contributed by atoms with E-state index in [2.05, 4.69) is 20.8 Å². The number of anilines is 1. The molecule has 84 valence electrons. The molecule has 1 amide bonds. The van der Waals surface area contributed by atoms with E-state index in [-0.39, 0.29) is 18.1 Å². The van der Waals surface area contributed by atoms with Gasteiger partial charge in [0, 0.05) is 6.54 Å². The van der Waals surface area contributed by atoms with Crippen LogP contribution in [0.25, 0.3) is 0 Å². The Bertz CT molecular complexity index is 381. The Morgan fingerprint density at radius 2 is 2.31 bits per heavy atom. The van der Waals surface area contributed by atoms with Crippen molar-refractivity contribution in [3.05, 3.63) is 17.8 Å². The molecule has 16 heavy (non-hydrogen) atoms. The SMILES string of the molecule is CCCNC(=O)CNc1ccc(C#N)nn1. The van der Waals surface area contributed by atoms with Gasteiger partial charge in [0.05, 0.1) is 6.54 Å². The predicted octanol–water partition coefficient (Wildman–Crippen LogP) is 0.286. The molecule has 0 aliphatic heterocycles. The highest BCUT2D eigenvalue weighted by molar-refractivity contribution is 5.80. The molecule has 0 bridgehead atoms. The van der Waals surface area contributed by atoms with E-state index < -0.39 is 0 Å². The number of nitrogens with one attached hydrogen (secondary N) is 2. The zero-order chi connectivity index (χ0) is 11.8. The van der Waals surface area contributed by atoms with Crippen LogP contribution in [0, 0.1) is 11.3 Å². The third-order valence-corrected chi connectivity index (χ3v) is 1.78. The van der Waals surface area contributed by atoms with Gasteiger partial charge in [-0.25, -0.2) is 0 Å². The van der Waals surface area contributed by atoms with Crippen LogP contribution in [0.3, 0.4) is 0 Å². The number of nitriles is 1. The van der Waals surface area contributed by atoms with Crippen molar-refractivity contribution in [1.29, 1.82) is 5.26 Å². The minimum Gasteiger partial charge on any atom is -0.360 e. The molecule has 6 nitrogen and oxygen atoms in total. The molecule has 0 atom stereocenters. The Morgan fingerprint density at radius 3 is 2.88 bits per heavy atom. The van der Waals surface area contributed by atoms with Crippen molar-refractivity contribution < 1.29 is 4.79 Å². The van der Waals surface area contributed by atoms with Gasteiger partial charge in [-0.2, -0.15) is 5.26 Å². The highest BCUT2D eigenvalue weighted by Crippen LogP contribution is 1.99. The van der Waals surface area contributed by atoms with E-state index >= 15 is 0 Å². The van der Waals surface area contributed by atoms with Crippen LogP contribution in [-0.4, -0.2) is 29.2 Å². The Hall–Kier alpha value is -2.16. The van der Waals surface area contributed by atoms with Crippen LogP contribution < -0.4 is 10.6 Å². The maximum Gasteiger partial charge on any atom is 0.239 e. The summed E-state index contributed by atoms with van der Waals surface area (Å²) in [6, 6.07) is 5.02. The lowest BCUT2D eigenvalue weighted by atomic mass is 10.4. The summed E-state index contributed by atoms with van der Waals surface area (Å²) in [5.41, 5.74) is 0.251. The highest BCUT2D eigenvalue weighted by atomic mass is 16.1. The minimum atomic E-state index is -0.0898. The molecule has 6 heteroatoms. The number of carbonyl (C=O) groups is 1. The number of hydrogen-bond acceptors (Lipinski definition) is 5. The minimum absolute atomic E-state index is 0.0898. The van der Waals surface area contributed by atoms with Gasteiger partial charge in [-0.3, -0.25) is 4.79 Å². The summed E-state index contributed by atoms with van der Waals surface area (Å²) in [6.45, 7) is 2.81. The van der Waals surface area contributed by atoms with Crippen molar-refractivity contribution >= 4 is 11.7 Å². The van der Waals surface area contributed by atoms with E-state index in [1.807, 2.05) is 13.0 Å². The first kappa shape index (κ1) is 11.9. The fraction of sp³-hybridized carbons (Fsp3) is 0.400. The predicted molar refractivity (Wildman–Crippen MR) is 58.5 cm³/mol. The second-order valence-corrected chi connectivity index (χ2v) is 3.12. The van der Waals surface area contributed by atoms with Gasteiger partial charge in [0.15, 0.2) is 5.69 Å². The molecule has 1 aromatic heterocycles. The van der Waals surface area contributed by atoms with Gasteiger partial charge in [-0.1, -0.05) is 6.92 Å². The molecule has 0 saturated heterocycles. The van der Waals surface area contributed by atoms with Gasteiger partial charge < -0.3 is 10.6 Å². The third-order valence-electron chi connectivity index (χ3n) is 1.78. The number of carbonyl (C=O) groups excluding carboxylic acids is 1. The number of aromatic nitrogens is 2. The summed E-state index contributed by atoms with van der Waals surface area (Å²) in [5, 5.41) is 21.4. The summed E-state index contributed by atoms with van der Waals surface area (Å²) in [7, 11) is 0. The lowest BCUT2D eigenvalue weighted by Gasteiger charge is -2.05. The zero-order valence-electron chi connectivity index (χ0n) is 9.03. The molecule has 0 aromatic carbocycles. The first-order valence-corrected chi connectivity index (χ1v) is 5.00. The third kappa shape index (κ3) is 3.92. The van der Waals surface area contributed by atoms with Crippen LogP contribution >= 0.6 is 0 Å². The number of rotatable bonds is 5. The monoisotopic (exact) mass is 219 g/mol. The quantitative estimate of drug-likeness (QED) is 0.742. The molecule has 0 spiro atoms. The van der Waals surface area contributed by atoms with Gasteiger partial charge in [-0.15, -0.1) is 10.2 Å². The van der Waals surface area contributed by atoms with E-state index in [1.54, 1.807) is 12.1 Å². The highest BCUT2D eigenvalue weighted by Gasteiger charge is 2.01. The first-order chi connectivity index (χ1) is 7.76. The summed E-state index contributed by atoms with van der Waals surface area (Å²) in [5.74, 6) is 0.388. The van der Waals surface area contributed by atoms with Crippen LogP contribution in [0.5, 0.6) is 0 Å². The second kappa shape index (κ2) is 6.35. The maximum absolute atomic E-state index is 11.2. The molecular formula is C10H13N5O. The fourth-order valence-electron chi connectivity index (χ4n) is 0.984. The van der Waals surface area contributed by atoms with Crippen LogP contribution in [0.15, 0.2) is 12.1 Å². The Labute approximate surface area is 93.7 Å². The van der Waals surface area contributed by atoms with E-state index in [4.69, 9.17) is 5.26 Å². The first-order valence-electron chi connectivity index (χ1n) is 5.00. The zero-order valence-corrected chi connectivity index (χ0v) is 9.03. The molecule has 0 fully saturated rings. The average Bonchev–Trinajstić information content (AvgIpc) is 2.34. The largest absolute Gasteiger partial charge is 0.360 e. The van der Waals surface area contributed by atoms with E-state index in [9.17, 15) is 4.79 Å². The molecule has 1 rings (SSSR count). The average molecular weight is 219 g/mol. The Kier molecular flexibility index (Phi) is 4.73. The summed E-state index contributed by atoms with van der Waals surface area (Å²) in [6.07, 6.45) is 0.905. The molecule has 0 aliphatic carbocycles. The second-order valence-electron chi connectivity index (χ2n) is 3.12. The molecule has 0 aliphatic rings. The lowest BCUT2D eigenvalue weighted by Crippen LogP contribution is -2.30. The maximum atomic E-state index is 11.2. The van der Waals surface area contributed by atoms with E-state index in [0.29, 0.717) is 12.4 Å². The van der Waals surface area contributed by atoms with Crippen molar-refractivity contribution in [3.8, 4) is 6.07 Å². The molecule has 2 N–H and O–H groups in total. The Balaban J connectivity index is 2.37. The summed E-state index contributed by atoms with van der Waals surface area (Å²) >= 11 is 0. The van der Waals surface area contributed by atoms with Gasteiger partial charge >= 0.3 is 0 Å². The number of amides is 1. The van der Waals surface area contributed by atoms with Crippen molar-refractivity contribution in [2.24, 2.45) is 0 Å². The smallest absolute Gasteiger partial charge is 0.239 e. The van der Waals surface area contributed by atoms with Crippen molar-refractivity contribution in [1.82, 2.24) is 15.5 Å². The standard InChI is InChI=1S/C10H13N5O/c1-2-5-12-10(16)7-13-9-4-3-8(6-11)14-15-9/h3-4H,2,5,7H2,1H3,(H,12,16)(H,13,15). The van der Waals surface area contributed by atoms with Gasteiger partial charge in [0.1, 0.15) is 11.9 Å². The normalized spacial score (nSPS) is 9.25. The molecule has 0 radical (unpaired) electrons. The van der Waals surface area contributed by atoms with Gasteiger partial charge in [0.25, 0.3) is 0 Å². The molecule has 1 heterocycles.